The number of nitrogens with zero attached hydrogens (tertiary/aromatic N) is 2. The van der Waals surface area contributed by atoms with Crippen LogP contribution in [0.15, 0.2) is 36.7 Å². The molecule has 18 heavy (non-hydrogen) atoms. The van der Waals surface area contributed by atoms with Gasteiger partial charge in [-0.15, -0.1) is 0 Å². The van der Waals surface area contributed by atoms with Crippen LogP contribution in [0.1, 0.15) is 11.4 Å². The van der Waals surface area contributed by atoms with Crippen molar-refractivity contribution in [2.75, 3.05) is 5.32 Å². The first-order chi connectivity index (χ1) is 8.47. The fraction of sp³-hybridized carbons (Fsp3) is 0.250. The van der Waals surface area contributed by atoms with Gasteiger partial charge in [0, 0.05) is 18.9 Å². The van der Waals surface area contributed by atoms with E-state index in [1.165, 1.54) is 12.3 Å². The SMILES string of the molecule is Cn1cccc1CNc1ccc(C(F)(F)F)nc1. The molecule has 0 aliphatic heterocycles. The molecule has 0 fully saturated rings. The maximum absolute atomic E-state index is 12.3. The molecule has 0 aliphatic rings. The molecule has 0 unspecified atom stereocenters. The summed E-state index contributed by atoms with van der Waals surface area (Å²) in [4.78, 5) is 3.38. The number of alkyl halides is 3. The monoisotopic (exact) mass is 255 g/mol. The molecule has 3 nitrogen and oxygen atoms in total. The lowest BCUT2D eigenvalue weighted by Gasteiger charge is -2.09. The van der Waals surface area contributed by atoms with Crippen molar-refractivity contribution in [2.24, 2.45) is 7.05 Å². The average Bonchev–Trinajstić information content (AvgIpc) is 2.72. The summed E-state index contributed by atoms with van der Waals surface area (Å²) in [5.41, 5.74) is 0.714. The topological polar surface area (TPSA) is 29.9 Å². The smallest absolute Gasteiger partial charge is 0.378 e. The number of nitrogens with one attached hydrogen (secondary N) is 1. The predicted molar refractivity (Wildman–Crippen MR) is 62.0 cm³/mol. The van der Waals surface area contributed by atoms with Crippen LogP contribution in [0.5, 0.6) is 0 Å². The highest BCUT2D eigenvalue weighted by Crippen LogP contribution is 2.27. The van der Waals surface area contributed by atoms with Crippen LogP contribution < -0.4 is 5.32 Å². The number of halogens is 3. The van der Waals surface area contributed by atoms with Gasteiger partial charge >= 0.3 is 6.18 Å². The zero-order chi connectivity index (χ0) is 13.2. The van der Waals surface area contributed by atoms with E-state index in [0.717, 1.165) is 11.8 Å². The van der Waals surface area contributed by atoms with Gasteiger partial charge in [0.15, 0.2) is 0 Å². The molecule has 0 spiro atoms. The third-order valence-corrected chi connectivity index (χ3v) is 2.58. The van der Waals surface area contributed by atoms with Crippen molar-refractivity contribution in [3.8, 4) is 0 Å². The van der Waals surface area contributed by atoms with E-state index >= 15 is 0 Å². The van der Waals surface area contributed by atoms with Crippen molar-refractivity contribution < 1.29 is 13.2 Å². The molecule has 2 aromatic heterocycles. The molecular weight excluding hydrogens is 243 g/mol. The second-order valence-electron chi connectivity index (χ2n) is 3.89. The van der Waals surface area contributed by atoms with Crippen molar-refractivity contribution in [3.63, 3.8) is 0 Å². The quantitative estimate of drug-likeness (QED) is 0.913. The zero-order valence-corrected chi connectivity index (χ0v) is 9.70. The number of hydrogen-bond acceptors (Lipinski definition) is 2. The summed E-state index contributed by atoms with van der Waals surface area (Å²) in [6, 6.07) is 6.18. The summed E-state index contributed by atoms with van der Waals surface area (Å²) in [5.74, 6) is 0. The van der Waals surface area contributed by atoms with E-state index in [9.17, 15) is 13.2 Å². The van der Waals surface area contributed by atoms with E-state index in [1.54, 1.807) is 0 Å². The van der Waals surface area contributed by atoms with Gasteiger partial charge in [0.05, 0.1) is 18.4 Å². The van der Waals surface area contributed by atoms with E-state index in [0.29, 0.717) is 12.2 Å². The van der Waals surface area contributed by atoms with Crippen LogP contribution in [-0.4, -0.2) is 9.55 Å². The Balaban J connectivity index is 2.01. The van der Waals surface area contributed by atoms with E-state index in [1.807, 2.05) is 29.9 Å². The Morgan fingerprint density at radius 1 is 1.28 bits per heavy atom. The molecule has 2 heterocycles. The molecular formula is C12H12F3N3. The molecule has 6 heteroatoms. The maximum Gasteiger partial charge on any atom is 0.433 e. The van der Waals surface area contributed by atoms with Crippen molar-refractivity contribution >= 4 is 5.69 Å². The van der Waals surface area contributed by atoms with Crippen LogP contribution in [-0.2, 0) is 19.8 Å². The summed E-state index contributed by atoms with van der Waals surface area (Å²) in [5, 5.41) is 3.02. The van der Waals surface area contributed by atoms with Gasteiger partial charge in [-0.2, -0.15) is 13.2 Å². The molecule has 2 aromatic rings. The van der Waals surface area contributed by atoms with E-state index < -0.39 is 11.9 Å². The molecule has 96 valence electrons. The number of hydrogen-bond donors (Lipinski definition) is 1. The average molecular weight is 255 g/mol. The van der Waals surface area contributed by atoms with Crippen LogP contribution in [0, 0.1) is 0 Å². The summed E-state index contributed by atoms with van der Waals surface area (Å²) >= 11 is 0. The molecule has 0 saturated carbocycles. The summed E-state index contributed by atoms with van der Waals surface area (Å²) in [6.07, 6.45) is -1.30. The number of rotatable bonds is 3. The van der Waals surface area contributed by atoms with Crippen molar-refractivity contribution in [3.05, 3.63) is 48.0 Å². The highest BCUT2D eigenvalue weighted by Gasteiger charge is 2.31. The number of aryl methyl sites for hydroxylation is 1. The van der Waals surface area contributed by atoms with Crippen LogP contribution >= 0.6 is 0 Å². The summed E-state index contributed by atoms with van der Waals surface area (Å²) < 4.78 is 38.8. The predicted octanol–water partition coefficient (Wildman–Crippen LogP) is 3.05. The standard InChI is InChI=1S/C12H12F3N3/c1-18-6-2-3-10(18)8-16-9-4-5-11(17-7-9)12(13,14)15/h2-7,16H,8H2,1H3. The second-order valence-corrected chi connectivity index (χ2v) is 3.89. The largest absolute Gasteiger partial charge is 0.433 e. The molecule has 0 aromatic carbocycles. The highest BCUT2D eigenvalue weighted by atomic mass is 19.4. The first-order valence-corrected chi connectivity index (χ1v) is 5.34. The Kier molecular flexibility index (Phi) is 3.27. The van der Waals surface area contributed by atoms with Gasteiger partial charge in [0.1, 0.15) is 5.69 Å². The van der Waals surface area contributed by atoms with Gasteiger partial charge < -0.3 is 9.88 Å². The third-order valence-electron chi connectivity index (χ3n) is 2.58. The maximum atomic E-state index is 12.3. The fourth-order valence-corrected chi connectivity index (χ4v) is 1.54. The Labute approximate surface area is 102 Å². The Morgan fingerprint density at radius 3 is 2.56 bits per heavy atom. The van der Waals surface area contributed by atoms with Gasteiger partial charge in [-0.05, 0) is 24.3 Å². The third kappa shape index (κ3) is 2.82. The normalized spacial score (nSPS) is 11.6. The van der Waals surface area contributed by atoms with Crippen molar-refractivity contribution in [1.29, 1.82) is 0 Å². The van der Waals surface area contributed by atoms with Gasteiger partial charge in [-0.3, -0.25) is 0 Å². The Bertz CT molecular complexity index is 514. The molecule has 0 atom stereocenters. The molecule has 0 radical (unpaired) electrons. The van der Waals surface area contributed by atoms with E-state index in [2.05, 4.69) is 10.3 Å². The van der Waals surface area contributed by atoms with Crippen molar-refractivity contribution in [2.45, 2.75) is 12.7 Å². The summed E-state index contributed by atoms with van der Waals surface area (Å²) in [6.45, 7) is 0.538. The number of anilines is 1. The van der Waals surface area contributed by atoms with Gasteiger partial charge in [-0.25, -0.2) is 4.98 Å². The number of pyridine rings is 1. The molecule has 0 saturated heterocycles. The Hall–Kier alpha value is -1.98. The van der Waals surface area contributed by atoms with Gasteiger partial charge in [0.2, 0.25) is 0 Å². The van der Waals surface area contributed by atoms with Crippen LogP contribution in [0.2, 0.25) is 0 Å². The Morgan fingerprint density at radius 2 is 2.06 bits per heavy atom. The molecule has 0 amide bonds. The molecule has 0 bridgehead atoms. The first kappa shape index (κ1) is 12.5. The molecule has 1 N–H and O–H groups in total. The lowest BCUT2D eigenvalue weighted by atomic mass is 10.3. The zero-order valence-electron chi connectivity index (χ0n) is 9.70. The second kappa shape index (κ2) is 4.72. The lowest BCUT2D eigenvalue weighted by molar-refractivity contribution is -0.141. The fourth-order valence-electron chi connectivity index (χ4n) is 1.54. The highest BCUT2D eigenvalue weighted by molar-refractivity contribution is 5.41. The van der Waals surface area contributed by atoms with E-state index in [4.69, 9.17) is 0 Å². The van der Waals surface area contributed by atoms with Gasteiger partial charge in [0.25, 0.3) is 0 Å². The van der Waals surface area contributed by atoms with Gasteiger partial charge in [-0.1, -0.05) is 0 Å². The minimum absolute atomic E-state index is 0.538. The lowest BCUT2D eigenvalue weighted by Crippen LogP contribution is -2.09. The first-order valence-electron chi connectivity index (χ1n) is 5.34. The van der Waals surface area contributed by atoms with E-state index in [-0.39, 0.29) is 0 Å². The number of aromatic nitrogens is 2. The summed E-state index contributed by atoms with van der Waals surface area (Å²) in [7, 11) is 1.90. The van der Waals surface area contributed by atoms with Crippen LogP contribution in [0.4, 0.5) is 18.9 Å². The minimum atomic E-state index is -4.39. The minimum Gasteiger partial charge on any atom is -0.378 e. The molecule has 2 rings (SSSR count). The van der Waals surface area contributed by atoms with Crippen molar-refractivity contribution in [1.82, 2.24) is 9.55 Å². The molecule has 0 aliphatic carbocycles. The van der Waals surface area contributed by atoms with Crippen LogP contribution in [0.25, 0.3) is 0 Å². The van der Waals surface area contributed by atoms with Crippen LogP contribution in [0.3, 0.4) is 0 Å².